The van der Waals surface area contributed by atoms with Crippen molar-refractivity contribution in [3.63, 3.8) is 0 Å². The first-order chi connectivity index (χ1) is 8.99. The summed E-state index contributed by atoms with van der Waals surface area (Å²) in [7, 11) is 0. The van der Waals surface area contributed by atoms with Gasteiger partial charge >= 0.3 is 0 Å². The van der Waals surface area contributed by atoms with E-state index in [4.69, 9.17) is 5.84 Å². The van der Waals surface area contributed by atoms with E-state index in [1.54, 1.807) is 6.92 Å². The number of hydrazine groups is 1. The highest BCUT2D eigenvalue weighted by atomic mass is 19.1. The van der Waals surface area contributed by atoms with Gasteiger partial charge in [0.1, 0.15) is 6.04 Å². The number of halogens is 2. The molecule has 1 aromatic rings. The van der Waals surface area contributed by atoms with Crippen molar-refractivity contribution >= 4 is 17.5 Å². The predicted molar refractivity (Wildman–Crippen MR) is 68.3 cm³/mol. The lowest BCUT2D eigenvalue weighted by molar-refractivity contribution is -0.121. The minimum Gasteiger partial charge on any atom is -0.356 e. The maximum Gasteiger partial charge on any atom is 0.242 e. The number of nitrogen functional groups attached to an aromatic ring is 1. The minimum absolute atomic E-state index is 0.242. The summed E-state index contributed by atoms with van der Waals surface area (Å²) in [6.07, 6.45) is 0.795. The molecular weight excluding hydrogens is 256 g/mol. The van der Waals surface area contributed by atoms with E-state index in [1.165, 1.54) is 0 Å². The lowest BCUT2D eigenvalue weighted by Crippen LogP contribution is -2.38. The molecule has 1 amide bonds. The fourth-order valence-corrected chi connectivity index (χ4v) is 1.34. The van der Waals surface area contributed by atoms with Gasteiger partial charge < -0.3 is 16.1 Å². The second-order valence-corrected chi connectivity index (χ2v) is 3.95. The number of nitrogens with zero attached hydrogens (tertiary/aromatic N) is 1. The summed E-state index contributed by atoms with van der Waals surface area (Å²) >= 11 is 0. The Morgan fingerprint density at radius 1 is 1.42 bits per heavy atom. The molecule has 8 heteroatoms. The van der Waals surface area contributed by atoms with Crippen molar-refractivity contribution in [2.75, 3.05) is 17.3 Å². The third kappa shape index (κ3) is 4.02. The van der Waals surface area contributed by atoms with Crippen molar-refractivity contribution in [3.8, 4) is 0 Å². The molecule has 1 aromatic heterocycles. The molecule has 6 nitrogen and oxygen atoms in total. The van der Waals surface area contributed by atoms with Gasteiger partial charge in [0, 0.05) is 12.6 Å². The second-order valence-electron chi connectivity index (χ2n) is 3.95. The van der Waals surface area contributed by atoms with Gasteiger partial charge in [0.15, 0.2) is 23.3 Å². The van der Waals surface area contributed by atoms with Crippen LogP contribution in [0.3, 0.4) is 0 Å². The fourth-order valence-electron chi connectivity index (χ4n) is 1.34. The van der Waals surface area contributed by atoms with E-state index in [-0.39, 0.29) is 17.5 Å². The van der Waals surface area contributed by atoms with Crippen molar-refractivity contribution in [1.82, 2.24) is 10.3 Å². The van der Waals surface area contributed by atoms with Crippen LogP contribution < -0.4 is 21.9 Å². The van der Waals surface area contributed by atoms with Crippen molar-refractivity contribution in [3.05, 3.63) is 17.7 Å². The largest absolute Gasteiger partial charge is 0.356 e. The van der Waals surface area contributed by atoms with Crippen LogP contribution in [0.1, 0.15) is 20.3 Å². The van der Waals surface area contributed by atoms with Crippen LogP contribution in [0.4, 0.5) is 20.4 Å². The van der Waals surface area contributed by atoms with Gasteiger partial charge in [-0.1, -0.05) is 6.92 Å². The van der Waals surface area contributed by atoms with E-state index < -0.39 is 17.7 Å². The zero-order chi connectivity index (χ0) is 14.4. The molecule has 0 aliphatic heterocycles. The zero-order valence-electron chi connectivity index (χ0n) is 10.8. The molecule has 0 spiro atoms. The molecule has 106 valence electrons. The van der Waals surface area contributed by atoms with E-state index in [0.29, 0.717) is 12.6 Å². The summed E-state index contributed by atoms with van der Waals surface area (Å²) in [5.41, 5.74) is 2.01. The summed E-state index contributed by atoms with van der Waals surface area (Å²) in [6, 6.07) is -0.0640. The Bertz CT molecular complexity index is 455. The van der Waals surface area contributed by atoms with Crippen LogP contribution in [0, 0.1) is 11.6 Å². The summed E-state index contributed by atoms with van der Waals surface area (Å²) in [5.74, 6) is 2.40. The number of rotatable bonds is 6. The third-order valence-corrected chi connectivity index (χ3v) is 2.36. The Kier molecular flexibility index (Phi) is 5.43. The fraction of sp³-hybridized carbons (Fsp3) is 0.455. The number of carbonyl (C=O) groups excluding carboxylic acids is 1. The number of hydrogen-bond donors (Lipinski definition) is 4. The van der Waals surface area contributed by atoms with Crippen LogP contribution in [-0.4, -0.2) is 23.5 Å². The monoisotopic (exact) mass is 273 g/mol. The SMILES string of the molecule is CCCNC(=O)C(C)Nc1nc(NN)c(F)cc1F. The standard InChI is InChI=1S/C11H17F2N5O/c1-3-4-15-11(19)6(2)16-9-7(12)5-8(13)10(17-9)18-14/h5-6H,3-4,14H2,1-2H3,(H,15,19)(H2,16,17,18). The smallest absolute Gasteiger partial charge is 0.242 e. The number of carbonyl (C=O) groups is 1. The molecule has 0 aliphatic carbocycles. The number of anilines is 2. The van der Waals surface area contributed by atoms with Gasteiger partial charge in [-0.2, -0.15) is 0 Å². The number of aromatic nitrogens is 1. The van der Waals surface area contributed by atoms with Gasteiger partial charge in [-0.3, -0.25) is 4.79 Å². The van der Waals surface area contributed by atoms with E-state index in [2.05, 4.69) is 15.6 Å². The van der Waals surface area contributed by atoms with Crippen molar-refractivity contribution in [2.24, 2.45) is 5.84 Å². The third-order valence-electron chi connectivity index (χ3n) is 2.36. The molecule has 0 saturated heterocycles. The van der Waals surface area contributed by atoms with E-state index in [9.17, 15) is 13.6 Å². The molecule has 0 aromatic carbocycles. The number of hydrogen-bond acceptors (Lipinski definition) is 5. The topological polar surface area (TPSA) is 92.1 Å². The van der Waals surface area contributed by atoms with Crippen LogP contribution in [0.15, 0.2) is 6.07 Å². The quantitative estimate of drug-likeness (QED) is 0.458. The van der Waals surface area contributed by atoms with Gasteiger partial charge in [-0.05, 0) is 13.3 Å². The van der Waals surface area contributed by atoms with E-state index in [0.717, 1.165) is 6.42 Å². The molecule has 0 bridgehead atoms. The molecule has 1 heterocycles. The maximum atomic E-state index is 13.5. The summed E-state index contributed by atoms with van der Waals surface area (Å²) < 4.78 is 26.6. The number of pyridine rings is 1. The highest BCUT2D eigenvalue weighted by Gasteiger charge is 2.17. The highest BCUT2D eigenvalue weighted by molar-refractivity contribution is 5.83. The average molecular weight is 273 g/mol. The van der Waals surface area contributed by atoms with Crippen molar-refractivity contribution < 1.29 is 13.6 Å². The Balaban J connectivity index is 2.78. The summed E-state index contributed by atoms with van der Waals surface area (Å²) in [4.78, 5) is 15.2. The van der Waals surface area contributed by atoms with Crippen LogP contribution >= 0.6 is 0 Å². The molecule has 1 unspecified atom stereocenters. The maximum absolute atomic E-state index is 13.5. The van der Waals surface area contributed by atoms with Gasteiger partial charge in [0.2, 0.25) is 5.91 Å². The Hall–Kier alpha value is -1.96. The zero-order valence-corrected chi connectivity index (χ0v) is 10.8. The predicted octanol–water partition coefficient (Wildman–Crippen LogP) is 0.972. The molecule has 19 heavy (non-hydrogen) atoms. The highest BCUT2D eigenvalue weighted by Crippen LogP contribution is 2.18. The van der Waals surface area contributed by atoms with Crippen molar-refractivity contribution in [2.45, 2.75) is 26.3 Å². The second kappa shape index (κ2) is 6.83. The first kappa shape index (κ1) is 15.1. The molecule has 5 N–H and O–H groups in total. The van der Waals surface area contributed by atoms with Gasteiger partial charge in [0.25, 0.3) is 0 Å². The van der Waals surface area contributed by atoms with Gasteiger partial charge in [-0.25, -0.2) is 19.6 Å². The number of amides is 1. The minimum atomic E-state index is -0.909. The first-order valence-electron chi connectivity index (χ1n) is 5.86. The number of nitrogens with two attached hydrogens (primary N) is 1. The Morgan fingerprint density at radius 3 is 2.63 bits per heavy atom. The van der Waals surface area contributed by atoms with Crippen LogP contribution in [0.5, 0.6) is 0 Å². The van der Waals surface area contributed by atoms with Crippen molar-refractivity contribution in [1.29, 1.82) is 0 Å². The first-order valence-corrected chi connectivity index (χ1v) is 5.86. The van der Waals surface area contributed by atoms with E-state index >= 15 is 0 Å². The molecule has 1 rings (SSSR count). The van der Waals surface area contributed by atoms with Crippen LogP contribution in [-0.2, 0) is 4.79 Å². The molecule has 0 fully saturated rings. The molecule has 0 saturated carbocycles. The summed E-state index contributed by atoms with van der Waals surface area (Å²) in [5, 5.41) is 5.21. The normalized spacial score (nSPS) is 11.8. The molecule has 0 aliphatic rings. The van der Waals surface area contributed by atoms with Gasteiger partial charge in [-0.15, -0.1) is 0 Å². The van der Waals surface area contributed by atoms with Gasteiger partial charge in [0.05, 0.1) is 0 Å². The average Bonchev–Trinajstić information content (AvgIpc) is 2.38. The lowest BCUT2D eigenvalue weighted by atomic mass is 10.3. The van der Waals surface area contributed by atoms with Crippen LogP contribution in [0.25, 0.3) is 0 Å². The Labute approximate surface area is 109 Å². The van der Waals surface area contributed by atoms with E-state index in [1.807, 2.05) is 12.3 Å². The Morgan fingerprint density at radius 2 is 2.05 bits per heavy atom. The molecule has 0 radical (unpaired) electrons. The lowest BCUT2D eigenvalue weighted by Gasteiger charge is -2.15. The van der Waals surface area contributed by atoms with Crippen LogP contribution in [0.2, 0.25) is 0 Å². The summed E-state index contributed by atoms with van der Waals surface area (Å²) in [6.45, 7) is 3.99. The molecule has 1 atom stereocenters. The number of nitrogens with one attached hydrogen (secondary N) is 3. The molecular formula is C11H17F2N5O.